The number of carbonyl (C=O) groups is 2. The minimum absolute atomic E-state index is 0.0490. The Morgan fingerprint density at radius 2 is 2.04 bits per heavy atom. The number of benzene rings is 2. The van der Waals surface area contributed by atoms with E-state index >= 15 is 0 Å². The highest BCUT2D eigenvalue weighted by molar-refractivity contribution is 8.06. The van der Waals surface area contributed by atoms with Gasteiger partial charge < -0.3 is 10.3 Å². The fourth-order valence-electron chi connectivity index (χ4n) is 3.52. The lowest BCUT2D eigenvalue weighted by Gasteiger charge is -2.09. The van der Waals surface area contributed by atoms with Crippen LogP contribution in [0.25, 0.3) is 22.2 Å². The molecule has 0 spiro atoms. The number of H-pyrrole nitrogens is 1. The Hall–Kier alpha value is -2.53. The van der Waals surface area contributed by atoms with Crippen molar-refractivity contribution in [1.29, 1.82) is 0 Å². The molecule has 0 bridgehead atoms. The first-order chi connectivity index (χ1) is 12.2. The minimum Gasteiger partial charge on any atom is -0.354 e. The molecule has 5 rings (SSSR count). The quantitative estimate of drug-likeness (QED) is 0.555. The van der Waals surface area contributed by atoms with Crippen LogP contribution < -0.4 is 5.32 Å². The zero-order chi connectivity index (χ0) is 17.0. The summed E-state index contributed by atoms with van der Waals surface area (Å²) in [4.78, 5) is 28.2. The van der Waals surface area contributed by atoms with Gasteiger partial charge in [-0.05, 0) is 17.7 Å². The van der Waals surface area contributed by atoms with Gasteiger partial charge in [0.2, 0.25) is 5.91 Å². The van der Waals surface area contributed by atoms with Gasteiger partial charge in [0.05, 0.1) is 17.8 Å². The normalized spacial score (nSPS) is 18.2. The molecule has 0 saturated carbocycles. The SMILES string of the molecule is O=C1Cc2c([nH]c3ccccc23)-c2ccc(C(=O)CC3CS3)cc2N1. The molecule has 5 heteroatoms. The molecule has 2 N–H and O–H groups in total. The van der Waals surface area contributed by atoms with Crippen LogP contribution in [0.3, 0.4) is 0 Å². The largest absolute Gasteiger partial charge is 0.354 e. The molecule has 4 nitrogen and oxygen atoms in total. The molecule has 1 atom stereocenters. The number of anilines is 1. The second-order valence-electron chi connectivity index (χ2n) is 6.59. The summed E-state index contributed by atoms with van der Waals surface area (Å²) in [6.45, 7) is 0. The van der Waals surface area contributed by atoms with E-state index in [0.717, 1.165) is 33.5 Å². The second-order valence-corrected chi connectivity index (χ2v) is 7.93. The number of Topliss-reactive ketones (excluding diaryl/α,β-unsaturated/α-hetero) is 1. The number of rotatable bonds is 3. The van der Waals surface area contributed by atoms with Crippen molar-refractivity contribution in [3.63, 3.8) is 0 Å². The van der Waals surface area contributed by atoms with Gasteiger partial charge in [-0.1, -0.05) is 30.3 Å². The lowest BCUT2D eigenvalue weighted by Crippen LogP contribution is -2.13. The lowest BCUT2D eigenvalue weighted by molar-refractivity contribution is -0.115. The van der Waals surface area contributed by atoms with Crippen LogP contribution in [-0.4, -0.2) is 27.7 Å². The number of hydrogen-bond acceptors (Lipinski definition) is 3. The molecule has 3 aromatic rings. The molecule has 124 valence electrons. The topological polar surface area (TPSA) is 62.0 Å². The number of amides is 1. The van der Waals surface area contributed by atoms with E-state index < -0.39 is 0 Å². The number of carbonyl (C=O) groups excluding carboxylic acids is 2. The predicted molar refractivity (Wildman–Crippen MR) is 101 cm³/mol. The predicted octanol–water partition coefficient (Wildman–Crippen LogP) is 4.02. The number of ketones is 1. The van der Waals surface area contributed by atoms with Gasteiger partial charge >= 0.3 is 0 Å². The van der Waals surface area contributed by atoms with Crippen molar-refractivity contribution in [3.8, 4) is 11.3 Å². The van der Waals surface area contributed by atoms with Gasteiger partial charge in [-0.15, -0.1) is 0 Å². The van der Waals surface area contributed by atoms with Crippen LogP contribution in [0.5, 0.6) is 0 Å². The number of aromatic amines is 1. The van der Waals surface area contributed by atoms with E-state index in [4.69, 9.17) is 0 Å². The van der Waals surface area contributed by atoms with E-state index in [9.17, 15) is 9.59 Å². The van der Waals surface area contributed by atoms with Crippen LogP contribution in [-0.2, 0) is 11.2 Å². The molecular weight excluding hydrogens is 332 g/mol. The highest BCUT2D eigenvalue weighted by Gasteiger charge is 2.27. The van der Waals surface area contributed by atoms with Crippen LogP contribution in [0.2, 0.25) is 0 Å². The molecule has 2 aromatic carbocycles. The third-order valence-corrected chi connectivity index (χ3v) is 5.82. The van der Waals surface area contributed by atoms with E-state index in [-0.39, 0.29) is 11.7 Å². The molecule has 25 heavy (non-hydrogen) atoms. The molecule has 1 fully saturated rings. The summed E-state index contributed by atoms with van der Waals surface area (Å²) in [5.74, 6) is 1.17. The summed E-state index contributed by atoms with van der Waals surface area (Å²) in [6.07, 6.45) is 0.908. The van der Waals surface area contributed by atoms with Crippen molar-refractivity contribution in [2.24, 2.45) is 0 Å². The molecule has 3 heterocycles. The Balaban J connectivity index is 1.64. The van der Waals surface area contributed by atoms with Gasteiger partial charge in [0, 0.05) is 39.5 Å². The maximum atomic E-state index is 12.4. The molecule has 0 radical (unpaired) electrons. The molecular formula is C20H16N2O2S. The molecule has 2 aliphatic rings. The van der Waals surface area contributed by atoms with Crippen molar-refractivity contribution < 1.29 is 9.59 Å². The first kappa shape index (κ1) is 14.8. The van der Waals surface area contributed by atoms with E-state index in [2.05, 4.69) is 10.3 Å². The van der Waals surface area contributed by atoms with Gasteiger partial charge in [-0.3, -0.25) is 9.59 Å². The molecule has 1 unspecified atom stereocenters. The lowest BCUT2D eigenvalue weighted by atomic mass is 9.99. The summed E-state index contributed by atoms with van der Waals surface area (Å²) in [6, 6.07) is 13.7. The number of hydrogen-bond donors (Lipinski definition) is 2. The van der Waals surface area contributed by atoms with E-state index in [1.165, 1.54) is 0 Å². The monoisotopic (exact) mass is 348 g/mol. The zero-order valence-electron chi connectivity index (χ0n) is 13.5. The summed E-state index contributed by atoms with van der Waals surface area (Å²) in [7, 11) is 0. The van der Waals surface area contributed by atoms with Gasteiger partial charge in [-0.25, -0.2) is 0 Å². The van der Waals surface area contributed by atoms with Crippen molar-refractivity contribution in [2.45, 2.75) is 18.1 Å². The number of fused-ring (bicyclic) bond motifs is 5. The first-order valence-electron chi connectivity index (χ1n) is 8.38. The smallest absolute Gasteiger partial charge is 0.228 e. The fraction of sp³-hybridized carbons (Fsp3) is 0.200. The van der Waals surface area contributed by atoms with Crippen LogP contribution in [0, 0.1) is 0 Å². The van der Waals surface area contributed by atoms with Crippen molar-refractivity contribution in [1.82, 2.24) is 4.98 Å². The maximum absolute atomic E-state index is 12.4. The Morgan fingerprint density at radius 1 is 1.20 bits per heavy atom. The van der Waals surface area contributed by atoms with Gasteiger partial charge in [0.15, 0.2) is 5.78 Å². The van der Waals surface area contributed by atoms with Crippen LogP contribution in [0.1, 0.15) is 22.3 Å². The summed E-state index contributed by atoms with van der Waals surface area (Å²) in [5, 5.41) is 4.52. The summed E-state index contributed by atoms with van der Waals surface area (Å²) >= 11 is 1.82. The first-order valence-corrected chi connectivity index (χ1v) is 9.42. The molecule has 2 aliphatic heterocycles. The van der Waals surface area contributed by atoms with E-state index in [1.807, 2.05) is 54.2 Å². The number of para-hydroxylation sites is 1. The third kappa shape index (κ3) is 2.55. The van der Waals surface area contributed by atoms with Crippen LogP contribution in [0.15, 0.2) is 42.5 Å². The average Bonchev–Trinajstić information content (AvgIpc) is 3.37. The standard InChI is InChI=1S/C20H16N2O2S/c23-18(8-12-10-25-12)11-5-6-14-17(7-11)21-19(24)9-15-13-3-1-2-4-16(13)22-20(14)15/h1-7,12,22H,8-10H2,(H,21,24). The zero-order valence-corrected chi connectivity index (χ0v) is 14.3. The number of nitrogens with one attached hydrogen (secondary N) is 2. The fourth-order valence-corrected chi connectivity index (χ4v) is 4.04. The number of aromatic nitrogens is 1. The van der Waals surface area contributed by atoms with E-state index in [0.29, 0.717) is 29.3 Å². The highest BCUT2D eigenvalue weighted by Crippen LogP contribution is 2.39. The highest BCUT2D eigenvalue weighted by atomic mass is 32.2. The maximum Gasteiger partial charge on any atom is 0.228 e. The Morgan fingerprint density at radius 3 is 2.88 bits per heavy atom. The second kappa shape index (κ2) is 5.49. The molecule has 1 saturated heterocycles. The van der Waals surface area contributed by atoms with E-state index in [1.54, 1.807) is 0 Å². The molecule has 1 aromatic heterocycles. The van der Waals surface area contributed by atoms with Crippen LogP contribution in [0.4, 0.5) is 5.69 Å². The summed E-state index contributed by atoms with van der Waals surface area (Å²) in [5.41, 5.74) is 5.33. The van der Waals surface area contributed by atoms with Gasteiger partial charge in [-0.2, -0.15) is 11.8 Å². The van der Waals surface area contributed by atoms with Gasteiger partial charge in [0.25, 0.3) is 0 Å². The van der Waals surface area contributed by atoms with Crippen molar-refractivity contribution >= 4 is 40.0 Å². The molecule has 0 aliphatic carbocycles. The third-order valence-electron chi connectivity index (χ3n) is 4.85. The van der Waals surface area contributed by atoms with Crippen molar-refractivity contribution in [2.75, 3.05) is 11.1 Å². The minimum atomic E-state index is -0.0490. The van der Waals surface area contributed by atoms with Gasteiger partial charge in [0.1, 0.15) is 0 Å². The van der Waals surface area contributed by atoms with Crippen LogP contribution >= 0.6 is 11.8 Å². The number of thioether (sulfide) groups is 1. The Kier molecular flexibility index (Phi) is 3.25. The Labute approximate surface area is 149 Å². The van der Waals surface area contributed by atoms with Crippen molar-refractivity contribution in [3.05, 3.63) is 53.6 Å². The average molecular weight is 348 g/mol. The summed E-state index contributed by atoms with van der Waals surface area (Å²) < 4.78 is 0. The Bertz CT molecular complexity index is 1030. The molecule has 1 amide bonds.